The van der Waals surface area contributed by atoms with Crippen LogP contribution in [0, 0.1) is 0 Å². The van der Waals surface area contributed by atoms with Crippen LogP contribution >= 0.6 is 0 Å². The van der Waals surface area contributed by atoms with E-state index in [0.29, 0.717) is 0 Å². The summed E-state index contributed by atoms with van der Waals surface area (Å²) in [6.45, 7) is 0. The molecule has 0 unspecified atom stereocenters. The van der Waals surface area contributed by atoms with Crippen LogP contribution in [0.4, 0.5) is 13.2 Å². The van der Waals surface area contributed by atoms with Crippen LogP contribution in [0.5, 0.6) is 0 Å². The Kier molecular flexibility index (Phi) is 2.63. The highest BCUT2D eigenvalue weighted by atomic mass is 19.4. The van der Waals surface area contributed by atoms with Gasteiger partial charge in [0.2, 0.25) is 0 Å². The number of benzene rings is 1. The molecule has 1 aromatic carbocycles. The van der Waals surface area contributed by atoms with Crippen molar-refractivity contribution in [3.63, 3.8) is 0 Å². The second-order valence-corrected chi connectivity index (χ2v) is 3.66. The molecule has 2 N–H and O–H groups in total. The van der Waals surface area contributed by atoms with E-state index in [-0.39, 0.29) is 11.0 Å². The van der Waals surface area contributed by atoms with Crippen molar-refractivity contribution < 1.29 is 23.2 Å². The van der Waals surface area contributed by atoms with Gasteiger partial charge in [-0.1, -0.05) is 0 Å². The Bertz CT molecular complexity index is 565. The smallest absolute Gasteiger partial charge is 0.423 e. The largest absolute Gasteiger partial charge is 0.489 e. The summed E-state index contributed by atoms with van der Waals surface area (Å²) in [5.74, 6) is 0. The minimum absolute atomic E-state index is 0.279. The number of alkyl halides is 3. The molecule has 0 saturated heterocycles. The molecule has 8 heteroatoms. The molecule has 2 rings (SSSR count). The Labute approximate surface area is 94.5 Å². The van der Waals surface area contributed by atoms with Crippen LogP contribution in [0.15, 0.2) is 18.5 Å². The molecule has 0 fully saturated rings. The molecule has 0 atom stereocenters. The van der Waals surface area contributed by atoms with Crippen molar-refractivity contribution in [3.05, 3.63) is 24.0 Å². The Balaban J connectivity index is 2.77. The number of hydrogen-bond acceptors (Lipinski definition) is 3. The Morgan fingerprint density at radius 2 is 1.94 bits per heavy atom. The predicted molar refractivity (Wildman–Crippen MR) is 55.5 cm³/mol. The fourth-order valence-corrected chi connectivity index (χ4v) is 1.65. The maximum Gasteiger partial charge on any atom is 0.489 e. The van der Waals surface area contributed by atoms with Crippen molar-refractivity contribution in [2.75, 3.05) is 0 Å². The average molecular weight is 244 g/mol. The summed E-state index contributed by atoms with van der Waals surface area (Å²) >= 11 is 0. The molecule has 1 heterocycles. The van der Waals surface area contributed by atoms with Crippen molar-refractivity contribution in [2.24, 2.45) is 7.05 Å². The second-order valence-electron chi connectivity index (χ2n) is 3.66. The lowest BCUT2D eigenvalue weighted by Crippen LogP contribution is -2.36. The Hall–Kier alpha value is -1.54. The quantitative estimate of drug-likeness (QED) is 0.708. The van der Waals surface area contributed by atoms with Crippen molar-refractivity contribution >= 4 is 23.6 Å². The number of aromatic nitrogens is 2. The van der Waals surface area contributed by atoms with E-state index in [9.17, 15) is 13.2 Å². The molecule has 0 aliphatic rings. The second kappa shape index (κ2) is 3.74. The molecule has 90 valence electrons. The van der Waals surface area contributed by atoms with E-state index in [1.807, 2.05) is 0 Å². The average Bonchev–Trinajstić information content (AvgIpc) is 2.57. The molecular formula is C9H8BF3N2O2. The third-order valence-electron chi connectivity index (χ3n) is 2.48. The SMILES string of the molecule is Cn1cnc2cc(B(O)O)c(C(F)(F)F)cc21. The summed E-state index contributed by atoms with van der Waals surface area (Å²) in [6.07, 6.45) is -3.28. The lowest BCUT2D eigenvalue weighted by Gasteiger charge is -2.12. The number of imidazole rings is 1. The van der Waals surface area contributed by atoms with Gasteiger partial charge in [0.1, 0.15) is 0 Å². The van der Waals surface area contributed by atoms with Gasteiger partial charge < -0.3 is 14.6 Å². The molecular weight excluding hydrogens is 236 g/mol. The molecule has 2 aromatic rings. The van der Waals surface area contributed by atoms with Crippen LogP contribution in [0.1, 0.15) is 5.56 Å². The van der Waals surface area contributed by atoms with Crippen LogP contribution in [-0.2, 0) is 13.2 Å². The van der Waals surface area contributed by atoms with Crippen molar-refractivity contribution in [1.82, 2.24) is 9.55 Å². The molecule has 0 radical (unpaired) electrons. The van der Waals surface area contributed by atoms with Gasteiger partial charge in [0.25, 0.3) is 0 Å². The molecule has 0 saturated carbocycles. The molecule has 0 aliphatic carbocycles. The van der Waals surface area contributed by atoms with Crippen LogP contribution < -0.4 is 5.46 Å². The molecule has 0 amide bonds. The minimum Gasteiger partial charge on any atom is -0.423 e. The van der Waals surface area contributed by atoms with Crippen LogP contribution in [0.25, 0.3) is 11.0 Å². The summed E-state index contributed by atoms with van der Waals surface area (Å²) in [4.78, 5) is 3.86. The van der Waals surface area contributed by atoms with Crippen molar-refractivity contribution in [2.45, 2.75) is 6.18 Å². The van der Waals surface area contributed by atoms with Gasteiger partial charge in [-0.15, -0.1) is 0 Å². The molecule has 17 heavy (non-hydrogen) atoms. The summed E-state index contributed by atoms with van der Waals surface area (Å²) in [5.41, 5.74) is -1.10. The van der Waals surface area contributed by atoms with E-state index in [4.69, 9.17) is 10.0 Å². The van der Waals surface area contributed by atoms with Gasteiger partial charge in [-0.05, 0) is 17.6 Å². The zero-order chi connectivity index (χ0) is 12.8. The third kappa shape index (κ3) is 2.01. The number of hydrogen-bond donors (Lipinski definition) is 2. The van der Waals surface area contributed by atoms with Crippen molar-refractivity contribution in [1.29, 1.82) is 0 Å². The molecule has 1 aromatic heterocycles. The first-order valence-electron chi connectivity index (χ1n) is 4.69. The predicted octanol–water partition coefficient (Wildman–Crippen LogP) is 0.272. The number of aryl methyl sites for hydroxylation is 1. The minimum atomic E-state index is -4.64. The van der Waals surface area contributed by atoms with Crippen LogP contribution in [-0.4, -0.2) is 26.7 Å². The van der Waals surface area contributed by atoms with Gasteiger partial charge in [-0.2, -0.15) is 13.2 Å². The lowest BCUT2D eigenvalue weighted by molar-refractivity contribution is -0.136. The maximum atomic E-state index is 12.7. The Morgan fingerprint density at radius 3 is 2.47 bits per heavy atom. The fraction of sp³-hybridized carbons (Fsp3) is 0.222. The van der Waals surface area contributed by atoms with Crippen molar-refractivity contribution in [3.8, 4) is 0 Å². The van der Waals surface area contributed by atoms with Crippen LogP contribution in [0.3, 0.4) is 0 Å². The highest BCUT2D eigenvalue weighted by Gasteiger charge is 2.36. The van der Waals surface area contributed by atoms with E-state index >= 15 is 0 Å². The maximum absolute atomic E-state index is 12.7. The van der Waals surface area contributed by atoms with Gasteiger partial charge in [0, 0.05) is 7.05 Å². The zero-order valence-corrected chi connectivity index (χ0v) is 8.73. The summed E-state index contributed by atoms with van der Waals surface area (Å²) in [7, 11) is -0.622. The van der Waals surface area contributed by atoms with Gasteiger partial charge in [-0.3, -0.25) is 0 Å². The highest BCUT2D eigenvalue weighted by Crippen LogP contribution is 2.30. The number of rotatable bonds is 1. The monoisotopic (exact) mass is 244 g/mol. The summed E-state index contributed by atoms with van der Waals surface area (Å²) in [6, 6.07) is 1.89. The van der Waals surface area contributed by atoms with Gasteiger partial charge in [-0.25, -0.2) is 4.98 Å². The van der Waals surface area contributed by atoms with Crippen LogP contribution in [0.2, 0.25) is 0 Å². The van der Waals surface area contributed by atoms with E-state index in [1.54, 1.807) is 7.05 Å². The summed E-state index contributed by atoms with van der Waals surface area (Å²) in [5, 5.41) is 17.9. The first-order valence-corrected chi connectivity index (χ1v) is 4.69. The van der Waals surface area contributed by atoms with Gasteiger partial charge in [0.05, 0.1) is 22.9 Å². The van der Waals surface area contributed by atoms with E-state index in [0.717, 1.165) is 12.1 Å². The molecule has 0 bridgehead atoms. The number of fused-ring (bicyclic) bond motifs is 1. The third-order valence-corrected chi connectivity index (χ3v) is 2.48. The highest BCUT2D eigenvalue weighted by molar-refractivity contribution is 6.59. The Morgan fingerprint density at radius 1 is 1.29 bits per heavy atom. The van der Waals surface area contributed by atoms with E-state index in [2.05, 4.69) is 4.98 Å². The van der Waals surface area contributed by atoms with E-state index < -0.39 is 24.3 Å². The molecule has 4 nitrogen and oxygen atoms in total. The summed E-state index contributed by atoms with van der Waals surface area (Å²) < 4.78 is 39.6. The first-order chi connectivity index (χ1) is 7.80. The lowest BCUT2D eigenvalue weighted by atomic mass is 9.76. The molecule has 0 spiro atoms. The van der Waals surface area contributed by atoms with Gasteiger partial charge >= 0.3 is 13.3 Å². The number of nitrogens with zero attached hydrogens (tertiary/aromatic N) is 2. The standard InChI is InChI=1S/C9H8BF3N2O2/c1-15-4-14-7-3-6(10(16)17)5(2-8(7)15)9(11,12)13/h2-4,16-17H,1H3. The fourth-order valence-electron chi connectivity index (χ4n) is 1.65. The topological polar surface area (TPSA) is 58.3 Å². The number of halogens is 3. The normalized spacial score (nSPS) is 12.1. The van der Waals surface area contributed by atoms with Gasteiger partial charge in [0.15, 0.2) is 0 Å². The molecule has 0 aliphatic heterocycles. The first kappa shape index (κ1) is 11.9. The van der Waals surface area contributed by atoms with E-state index in [1.165, 1.54) is 10.9 Å². The zero-order valence-electron chi connectivity index (χ0n) is 8.73.